The number of benzene rings is 1. The largest absolute Gasteiger partial charge is 0.269 e. The Kier molecular flexibility index (Phi) is 13.5. The third kappa shape index (κ3) is 7.68. The van der Waals surface area contributed by atoms with E-state index in [2.05, 4.69) is 11.6 Å². The Labute approximate surface area is 93.9 Å². The Hall–Kier alpha value is -1.37. The summed E-state index contributed by atoms with van der Waals surface area (Å²) in [5.41, 5.74) is 0. The second-order valence-electron chi connectivity index (χ2n) is 2.24. The second-order valence-corrected chi connectivity index (χ2v) is 2.24. The number of aliphatic imine (C=N–C) groups is 1. The topological polar surface area (TPSA) is 12.4 Å². The second kappa shape index (κ2) is 12.6. The molecule has 0 aliphatic heterocycles. The minimum absolute atomic E-state index is 1.01. The van der Waals surface area contributed by atoms with Gasteiger partial charge in [-0.1, -0.05) is 58.5 Å². The third-order valence-corrected chi connectivity index (χ3v) is 1.42. The Morgan fingerprint density at radius 2 is 1.60 bits per heavy atom. The van der Waals surface area contributed by atoms with Gasteiger partial charge in [0.2, 0.25) is 0 Å². The summed E-state index contributed by atoms with van der Waals surface area (Å²) in [6.45, 7) is 13.8. The SMILES string of the molecule is C=c1cccc/c1=C/N=CC.CC.CC. The molecule has 0 radical (unpaired) electrons. The van der Waals surface area contributed by atoms with Gasteiger partial charge in [0.1, 0.15) is 0 Å². The molecule has 0 saturated carbocycles. The highest BCUT2D eigenvalue weighted by molar-refractivity contribution is 5.57. The molecule has 0 saturated heterocycles. The van der Waals surface area contributed by atoms with Crippen molar-refractivity contribution in [1.29, 1.82) is 0 Å². The molecule has 0 N–H and O–H groups in total. The maximum atomic E-state index is 4.01. The van der Waals surface area contributed by atoms with Crippen LogP contribution in [0.5, 0.6) is 0 Å². The molecule has 0 spiro atoms. The zero-order valence-corrected chi connectivity index (χ0v) is 10.6. The molecule has 0 bridgehead atoms. The van der Waals surface area contributed by atoms with Crippen molar-refractivity contribution in [2.24, 2.45) is 4.99 Å². The fourth-order valence-corrected chi connectivity index (χ4v) is 0.815. The Bertz CT molecular complexity index is 350. The molecule has 1 aromatic carbocycles. The van der Waals surface area contributed by atoms with E-state index in [1.54, 1.807) is 6.21 Å². The first-order valence-corrected chi connectivity index (χ1v) is 5.56. The van der Waals surface area contributed by atoms with Crippen LogP contribution in [0, 0.1) is 0 Å². The van der Waals surface area contributed by atoms with Crippen LogP contribution in [0.25, 0.3) is 12.8 Å². The molecule has 1 rings (SSSR count). The van der Waals surface area contributed by atoms with Crippen LogP contribution in [0.15, 0.2) is 29.3 Å². The number of nitrogens with zero attached hydrogens (tertiary/aromatic N) is 1. The maximum Gasteiger partial charge on any atom is 0.0342 e. The summed E-state index contributed by atoms with van der Waals surface area (Å²) in [5.74, 6) is 0. The molecule has 0 atom stereocenters. The first-order valence-electron chi connectivity index (χ1n) is 5.56. The van der Waals surface area contributed by atoms with E-state index in [1.165, 1.54) is 0 Å². The lowest BCUT2D eigenvalue weighted by Gasteiger charge is -1.83. The Balaban J connectivity index is 0. The zero-order valence-electron chi connectivity index (χ0n) is 10.6. The molecule has 0 unspecified atom stereocenters. The number of rotatable bonds is 1. The predicted molar refractivity (Wildman–Crippen MR) is 72.5 cm³/mol. The van der Waals surface area contributed by atoms with E-state index in [4.69, 9.17) is 0 Å². The molecule has 0 aliphatic rings. The molecule has 15 heavy (non-hydrogen) atoms. The standard InChI is InChI=1S/C10H11N.2C2H6/c1-3-11-8-10-7-5-4-6-9(10)2;2*1-2/h3-8H,2H2,1H3;2*1-2H3/b10-8-,11-3?;;. The summed E-state index contributed by atoms with van der Waals surface area (Å²) >= 11 is 0. The number of hydrogen-bond acceptors (Lipinski definition) is 1. The van der Waals surface area contributed by atoms with Gasteiger partial charge >= 0.3 is 0 Å². The quantitative estimate of drug-likeness (QED) is 0.625. The highest BCUT2D eigenvalue weighted by atomic mass is 14.6. The van der Waals surface area contributed by atoms with Gasteiger partial charge in [-0.3, -0.25) is 4.99 Å². The minimum atomic E-state index is 1.01. The zero-order chi connectivity index (χ0) is 12.1. The highest BCUT2D eigenvalue weighted by Gasteiger charge is 1.76. The van der Waals surface area contributed by atoms with E-state index in [1.807, 2.05) is 65.1 Å². The molecular weight excluding hydrogens is 182 g/mol. The van der Waals surface area contributed by atoms with Crippen molar-refractivity contribution in [3.8, 4) is 0 Å². The van der Waals surface area contributed by atoms with Crippen molar-refractivity contribution in [2.75, 3.05) is 0 Å². The molecule has 1 heteroatoms. The van der Waals surface area contributed by atoms with E-state index < -0.39 is 0 Å². The van der Waals surface area contributed by atoms with Crippen LogP contribution in [-0.2, 0) is 0 Å². The van der Waals surface area contributed by atoms with Gasteiger partial charge < -0.3 is 0 Å². The van der Waals surface area contributed by atoms with Crippen LogP contribution >= 0.6 is 0 Å². The fraction of sp³-hybridized carbons (Fsp3) is 0.357. The van der Waals surface area contributed by atoms with E-state index in [0.717, 1.165) is 10.4 Å². The molecule has 1 nitrogen and oxygen atoms in total. The van der Waals surface area contributed by atoms with Crippen LogP contribution in [0.1, 0.15) is 34.6 Å². The van der Waals surface area contributed by atoms with Crippen LogP contribution < -0.4 is 10.4 Å². The lowest BCUT2D eigenvalue weighted by atomic mass is 10.3. The van der Waals surface area contributed by atoms with Crippen LogP contribution in [-0.4, -0.2) is 6.21 Å². The van der Waals surface area contributed by atoms with Gasteiger partial charge in [-0.05, 0) is 17.4 Å². The molecule has 84 valence electrons. The molecule has 1 aromatic rings. The Morgan fingerprint density at radius 3 is 2.07 bits per heavy atom. The van der Waals surface area contributed by atoms with Gasteiger partial charge in [0.15, 0.2) is 0 Å². The lowest BCUT2D eigenvalue weighted by Crippen LogP contribution is -2.21. The average molecular weight is 205 g/mol. The van der Waals surface area contributed by atoms with E-state index in [0.29, 0.717) is 0 Å². The van der Waals surface area contributed by atoms with E-state index in [-0.39, 0.29) is 0 Å². The molecule has 0 fully saturated rings. The van der Waals surface area contributed by atoms with Crippen molar-refractivity contribution >= 4 is 19.0 Å². The van der Waals surface area contributed by atoms with Crippen molar-refractivity contribution in [2.45, 2.75) is 34.6 Å². The summed E-state index contributed by atoms with van der Waals surface area (Å²) < 4.78 is 0. The van der Waals surface area contributed by atoms with Crippen LogP contribution in [0.2, 0.25) is 0 Å². The summed E-state index contributed by atoms with van der Waals surface area (Å²) in [6, 6.07) is 7.91. The van der Waals surface area contributed by atoms with Crippen LogP contribution in [0.4, 0.5) is 0 Å². The summed E-state index contributed by atoms with van der Waals surface area (Å²) in [4.78, 5) is 4.01. The normalized spacial score (nSPS) is 10.1. The smallest absolute Gasteiger partial charge is 0.0342 e. The van der Waals surface area contributed by atoms with Gasteiger partial charge in [-0.25, -0.2) is 0 Å². The average Bonchev–Trinajstić information content (AvgIpc) is 2.33. The van der Waals surface area contributed by atoms with Gasteiger partial charge in [0, 0.05) is 12.4 Å². The van der Waals surface area contributed by atoms with Gasteiger partial charge in [-0.15, -0.1) is 0 Å². The van der Waals surface area contributed by atoms with Crippen LogP contribution in [0.3, 0.4) is 0 Å². The first kappa shape index (κ1) is 16.1. The van der Waals surface area contributed by atoms with Crippen molar-refractivity contribution in [3.05, 3.63) is 34.7 Å². The first-order chi connectivity index (χ1) is 7.34. The lowest BCUT2D eigenvalue weighted by molar-refractivity contribution is 1.50. The Morgan fingerprint density at radius 1 is 1.07 bits per heavy atom. The molecule has 0 aromatic heterocycles. The van der Waals surface area contributed by atoms with Crippen molar-refractivity contribution in [1.82, 2.24) is 0 Å². The van der Waals surface area contributed by atoms with E-state index in [9.17, 15) is 0 Å². The maximum absolute atomic E-state index is 4.01. The van der Waals surface area contributed by atoms with Crippen molar-refractivity contribution < 1.29 is 0 Å². The van der Waals surface area contributed by atoms with Gasteiger partial charge in [-0.2, -0.15) is 0 Å². The molecule has 0 aliphatic carbocycles. The monoisotopic (exact) mass is 205 g/mol. The third-order valence-electron chi connectivity index (χ3n) is 1.42. The summed E-state index contributed by atoms with van der Waals surface area (Å²) in [5, 5.41) is 2.09. The minimum Gasteiger partial charge on any atom is -0.269 e. The highest BCUT2D eigenvalue weighted by Crippen LogP contribution is 1.71. The van der Waals surface area contributed by atoms with E-state index >= 15 is 0 Å². The molecule has 0 amide bonds. The number of hydrogen-bond donors (Lipinski definition) is 0. The summed E-state index contributed by atoms with van der Waals surface area (Å²) in [6.07, 6.45) is 3.56. The predicted octanol–water partition coefficient (Wildman–Crippen LogP) is 2.98. The summed E-state index contributed by atoms with van der Waals surface area (Å²) in [7, 11) is 0. The van der Waals surface area contributed by atoms with Gasteiger partial charge in [0.25, 0.3) is 0 Å². The molecule has 0 heterocycles. The fourth-order valence-electron chi connectivity index (χ4n) is 0.815. The molecular formula is C14H23N. The van der Waals surface area contributed by atoms with Gasteiger partial charge in [0.05, 0.1) is 0 Å². The van der Waals surface area contributed by atoms with Crippen molar-refractivity contribution in [3.63, 3.8) is 0 Å².